The molecule has 25 heavy (non-hydrogen) atoms. The van der Waals surface area contributed by atoms with Crippen molar-refractivity contribution in [3.63, 3.8) is 0 Å². The zero-order chi connectivity index (χ0) is 17.6. The van der Waals surface area contributed by atoms with Crippen LogP contribution in [0.4, 0.5) is 4.39 Å². The third-order valence-corrected chi connectivity index (χ3v) is 6.20. The molecule has 4 rings (SSSR count). The van der Waals surface area contributed by atoms with E-state index in [4.69, 9.17) is 0 Å². The first kappa shape index (κ1) is 16.2. The standard InChI is InChI=1S/C18H17FN2O3S/c19-13-4-1-11(2-5-13)15-10-17(15)21-25(23,24)14-6-3-12-7-8-20-18(22)16(12)9-14/h1-6,9,15,17,21H,7-8,10H2,(H,20,22)/t15-,17+/m0/s1. The molecule has 5 nitrogen and oxygen atoms in total. The Morgan fingerprint density at radius 2 is 1.88 bits per heavy atom. The Morgan fingerprint density at radius 1 is 1.12 bits per heavy atom. The molecule has 1 heterocycles. The first-order chi connectivity index (χ1) is 11.9. The maximum Gasteiger partial charge on any atom is 0.251 e. The Kier molecular flexibility index (Phi) is 3.85. The second-order valence-electron chi connectivity index (χ2n) is 6.45. The summed E-state index contributed by atoms with van der Waals surface area (Å²) in [6.07, 6.45) is 1.38. The van der Waals surface area contributed by atoms with E-state index in [9.17, 15) is 17.6 Å². The molecule has 130 valence electrons. The van der Waals surface area contributed by atoms with Crippen LogP contribution in [0.25, 0.3) is 0 Å². The quantitative estimate of drug-likeness (QED) is 0.875. The molecule has 0 unspecified atom stereocenters. The number of hydrogen-bond acceptors (Lipinski definition) is 3. The predicted molar refractivity (Wildman–Crippen MR) is 90.3 cm³/mol. The molecule has 0 spiro atoms. The second-order valence-corrected chi connectivity index (χ2v) is 8.16. The summed E-state index contributed by atoms with van der Waals surface area (Å²) in [7, 11) is -3.71. The van der Waals surface area contributed by atoms with Crippen molar-refractivity contribution >= 4 is 15.9 Å². The fraction of sp³-hybridized carbons (Fsp3) is 0.278. The Balaban J connectivity index is 1.52. The molecular weight excluding hydrogens is 343 g/mol. The molecule has 0 aromatic heterocycles. The molecule has 1 fully saturated rings. The summed E-state index contributed by atoms with van der Waals surface area (Å²) in [6.45, 7) is 0.567. The highest BCUT2D eigenvalue weighted by Crippen LogP contribution is 2.41. The normalized spacial score (nSPS) is 22.2. The Morgan fingerprint density at radius 3 is 2.64 bits per heavy atom. The fourth-order valence-corrected chi connectivity index (χ4v) is 4.54. The smallest absolute Gasteiger partial charge is 0.251 e. The Bertz CT molecular complexity index is 941. The van der Waals surface area contributed by atoms with Gasteiger partial charge in [0.1, 0.15) is 5.82 Å². The van der Waals surface area contributed by atoms with Gasteiger partial charge in [0.05, 0.1) is 4.90 Å². The van der Waals surface area contributed by atoms with Crippen LogP contribution >= 0.6 is 0 Å². The summed E-state index contributed by atoms with van der Waals surface area (Å²) >= 11 is 0. The van der Waals surface area contributed by atoms with Gasteiger partial charge in [-0.2, -0.15) is 0 Å². The van der Waals surface area contributed by atoms with E-state index in [1.54, 1.807) is 18.2 Å². The van der Waals surface area contributed by atoms with Crippen LogP contribution in [0.15, 0.2) is 47.4 Å². The monoisotopic (exact) mass is 360 g/mol. The van der Waals surface area contributed by atoms with Crippen LogP contribution in [0.3, 0.4) is 0 Å². The van der Waals surface area contributed by atoms with E-state index >= 15 is 0 Å². The van der Waals surface area contributed by atoms with Crippen molar-refractivity contribution < 1.29 is 17.6 Å². The number of carbonyl (C=O) groups is 1. The molecule has 0 bridgehead atoms. The van der Waals surface area contributed by atoms with Crippen LogP contribution in [0.2, 0.25) is 0 Å². The average molecular weight is 360 g/mol. The maximum absolute atomic E-state index is 13.0. The van der Waals surface area contributed by atoms with E-state index in [1.165, 1.54) is 24.3 Å². The summed E-state index contributed by atoms with van der Waals surface area (Å²) in [6, 6.07) is 10.6. The van der Waals surface area contributed by atoms with Gasteiger partial charge in [0.2, 0.25) is 10.0 Å². The predicted octanol–water partition coefficient (Wildman–Crippen LogP) is 1.95. The summed E-state index contributed by atoms with van der Waals surface area (Å²) in [5, 5.41) is 2.72. The SMILES string of the molecule is O=C1NCCc2ccc(S(=O)(=O)N[C@@H]3C[C@H]3c3ccc(F)cc3)cc21. The molecule has 2 N–H and O–H groups in total. The summed E-state index contributed by atoms with van der Waals surface area (Å²) < 4.78 is 40.9. The molecule has 0 radical (unpaired) electrons. The number of halogens is 1. The average Bonchev–Trinajstić information content (AvgIpc) is 3.34. The lowest BCUT2D eigenvalue weighted by Gasteiger charge is -2.17. The molecule has 1 aliphatic carbocycles. The molecule has 1 aliphatic heterocycles. The number of amides is 1. The maximum atomic E-state index is 13.0. The number of carbonyl (C=O) groups excluding carboxylic acids is 1. The molecule has 2 aliphatic rings. The summed E-state index contributed by atoms with van der Waals surface area (Å²) in [5.74, 6) is -0.501. The highest BCUT2D eigenvalue weighted by molar-refractivity contribution is 7.89. The van der Waals surface area contributed by atoms with E-state index in [-0.39, 0.29) is 28.6 Å². The fourth-order valence-electron chi connectivity index (χ4n) is 3.23. The van der Waals surface area contributed by atoms with Crippen LogP contribution in [-0.4, -0.2) is 26.9 Å². The zero-order valence-corrected chi connectivity index (χ0v) is 14.1. The van der Waals surface area contributed by atoms with E-state index in [0.29, 0.717) is 24.9 Å². The van der Waals surface area contributed by atoms with E-state index in [1.807, 2.05) is 0 Å². The minimum atomic E-state index is -3.71. The summed E-state index contributed by atoms with van der Waals surface area (Å²) in [5.41, 5.74) is 2.19. The third kappa shape index (κ3) is 3.17. The summed E-state index contributed by atoms with van der Waals surface area (Å²) in [4.78, 5) is 12.0. The van der Waals surface area contributed by atoms with Crippen LogP contribution < -0.4 is 10.0 Å². The van der Waals surface area contributed by atoms with E-state index < -0.39 is 10.0 Å². The largest absolute Gasteiger partial charge is 0.352 e. The lowest BCUT2D eigenvalue weighted by atomic mass is 10.0. The van der Waals surface area contributed by atoms with Crippen LogP contribution in [0.1, 0.15) is 33.8 Å². The molecule has 1 saturated carbocycles. The van der Waals surface area contributed by atoms with Crippen molar-refractivity contribution in [3.8, 4) is 0 Å². The minimum Gasteiger partial charge on any atom is -0.352 e. The van der Waals surface area contributed by atoms with Gasteiger partial charge in [0.25, 0.3) is 5.91 Å². The van der Waals surface area contributed by atoms with Crippen molar-refractivity contribution in [2.45, 2.75) is 29.7 Å². The zero-order valence-electron chi connectivity index (χ0n) is 13.3. The first-order valence-electron chi connectivity index (χ1n) is 8.13. The molecule has 2 aromatic rings. The van der Waals surface area contributed by atoms with Gasteiger partial charge in [-0.1, -0.05) is 18.2 Å². The number of benzene rings is 2. The molecule has 2 atom stereocenters. The number of sulfonamides is 1. The van der Waals surface area contributed by atoms with Gasteiger partial charge in [0, 0.05) is 24.1 Å². The van der Waals surface area contributed by atoms with Crippen molar-refractivity contribution in [2.75, 3.05) is 6.54 Å². The van der Waals surface area contributed by atoms with Crippen LogP contribution in [0, 0.1) is 5.82 Å². The third-order valence-electron chi connectivity index (χ3n) is 4.71. The highest BCUT2D eigenvalue weighted by Gasteiger charge is 2.41. The van der Waals surface area contributed by atoms with Gasteiger partial charge in [-0.3, -0.25) is 4.79 Å². The van der Waals surface area contributed by atoms with Crippen LogP contribution in [0.5, 0.6) is 0 Å². The Labute approximate surface area is 145 Å². The number of rotatable bonds is 4. The molecule has 2 aromatic carbocycles. The van der Waals surface area contributed by atoms with Gasteiger partial charge in [-0.25, -0.2) is 17.5 Å². The molecule has 1 amide bonds. The van der Waals surface area contributed by atoms with Gasteiger partial charge < -0.3 is 5.32 Å². The van der Waals surface area contributed by atoms with Crippen molar-refractivity contribution in [2.24, 2.45) is 0 Å². The van der Waals surface area contributed by atoms with Crippen molar-refractivity contribution in [1.82, 2.24) is 10.0 Å². The van der Waals surface area contributed by atoms with Crippen molar-refractivity contribution in [3.05, 3.63) is 65.0 Å². The number of fused-ring (bicyclic) bond motifs is 1. The van der Waals surface area contributed by atoms with Crippen LogP contribution in [-0.2, 0) is 16.4 Å². The lowest BCUT2D eigenvalue weighted by Crippen LogP contribution is -2.32. The molecule has 0 saturated heterocycles. The van der Waals surface area contributed by atoms with Gasteiger partial charge in [-0.05, 0) is 48.2 Å². The molecule has 7 heteroatoms. The Hall–Kier alpha value is -2.25. The first-order valence-corrected chi connectivity index (χ1v) is 9.61. The van der Waals surface area contributed by atoms with Gasteiger partial charge >= 0.3 is 0 Å². The van der Waals surface area contributed by atoms with Gasteiger partial charge in [-0.15, -0.1) is 0 Å². The minimum absolute atomic E-state index is 0.0521. The lowest BCUT2D eigenvalue weighted by molar-refractivity contribution is 0.0945. The second kappa shape index (κ2) is 5.93. The van der Waals surface area contributed by atoms with E-state index in [2.05, 4.69) is 10.0 Å². The highest BCUT2D eigenvalue weighted by atomic mass is 32.2. The van der Waals surface area contributed by atoms with E-state index in [0.717, 1.165) is 11.1 Å². The molecular formula is C18H17FN2O3S. The van der Waals surface area contributed by atoms with Crippen molar-refractivity contribution in [1.29, 1.82) is 0 Å². The number of hydrogen-bond donors (Lipinski definition) is 2. The number of nitrogens with one attached hydrogen (secondary N) is 2. The topological polar surface area (TPSA) is 75.3 Å². The van der Waals surface area contributed by atoms with Gasteiger partial charge in [0.15, 0.2) is 0 Å².